The molecule has 1 fully saturated rings. The molecule has 2 aliphatic rings. The molecule has 0 aliphatic carbocycles. The average Bonchev–Trinajstić information content (AvgIpc) is 2.96. The number of fused-ring (bicyclic) bond motifs is 1. The van der Waals surface area contributed by atoms with Crippen LogP contribution >= 0.6 is 0 Å². The van der Waals surface area contributed by atoms with Crippen molar-refractivity contribution in [2.24, 2.45) is 11.7 Å². The van der Waals surface area contributed by atoms with Gasteiger partial charge in [0, 0.05) is 18.7 Å². The Morgan fingerprint density at radius 1 is 1.44 bits per heavy atom. The first-order valence-corrected chi connectivity index (χ1v) is 5.88. The summed E-state index contributed by atoms with van der Waals surface area (Å²) < 4.78 is 5.37. The molecule has 0 aromatic carbocycles. The Morgan fingerprint density at radius 3 is 3.19 bits per heavy atom. The maximum atomic E-state index is 5.70. The highest BCUT2D eigenvalue weighted by molar-refractivity contribution is 5.43. The van der Waals surface area contributed by atoms with E-state index in [1.165, 1.54) is 12.0 Å². The molecular formula is C12H17N3O. The fourth-order valence-corrected chi connectivity index (χ4v) is 2.44. The van der Waals surface area contributed by atoms with Crippen LogP contribution in [0.1, 0.15) is 17.7 Å². The molecule has 2 aliphatic heterocycles. The number of hydrogen-bond acceptors (Lipinski definition) is 4. The summed E-state index contributed by atoms with van der Waals surface area (Å²) in [7, 11) is 0. The Morgan fingerprint density at radius 2 is 2.38 bits per heavy atom. The first kappa shape index (κ1) is 10.1. The van der Waals surface area contributed by atoms with Gasteiger partial charge < -0.3 is 15.4 Å². The monoisotopic (exact) mass is 219 g/mol. The number of pyridine rings is 1. The molecule has 1 atom stereocenters. The summed E-state index contributed by atoms with van der Waals surface area (Å²) in [5.74, 6) is 1.71. The number of aromatic nitrogens is 1. The zero-order valence-electron chi connectivity index (χ0n) is 9.35. The fourth-order valence-electron chi connectivity index (χ4n) is 2.44. The third kappa shape index (κ3) is 1.68. The summed E-state index contributed by atoms with van der Waals surface area (Å²) in [6.07, 6.45) is 1.19. The van der Waals surface area contributed by atoms with Crippen molar-refractivity contribution in [3.8, 4) is 0 Å². The van der Waals surface area contributed by atoms with Crippen molar-refractivity contribution in [3.63, 3.8) is 0 Å². The molecule has 16 heavy (non-hydrogen) atoms. The minimum atomic E-state index is 0.631. The second kappa shape index (κ2) is 4.03. The molecule has 0 amide bonds. The molecule has 3 heterocycles. The number of nitrogens with two attached hydrogens (primary N) is 1. The van der Waals surface area contributed by atoms with Crippen LogP contribution in [-0.4, -0.2) is 24.6 Å². The molecule has 2 N–H and O–H groups in total. The first-order chi connectivity index (χ1) is 7.86. The molecule has 4 heteroatoms. The Balaban J connectivity index is 1.80. The van der Waals surface area contributed by atoms with Gasteiger partial charge >= 0.3 is 0 Å². The summed E-state index contributed by atoms with van der Waals surface area (Å²) in [6.45, 7) is 4.29. The molecule has 0 saturated carbocycles. The van der Waals surface area contributed by atoms with Crippen LogP contribution in [0.2, 0.25) is 0 Å². The van der Waals surface area contributed by atoms with Gasteiger partial charge in [-0.1, -0.05) is 6.07 Å². The van der Waals surface area contributed by atoms with Crippen LogP contribution in [-0.2, 0) is 18.0 Å². The first-order valence-electron chi connectivity index (χ1n) is 5.88. The summed E-state index contributed by atoms with van der Waals surface area (Å²) in [6, 6.07) is 4.24. The van der Waals surface area contributed by atoms with E-state index in [0.29, 0.717) is 19.1 Å². The van der Waals surface area contributed by atoms with Crippen LogP contribution < -0.4 is 10.6 Å². The number of hydrogen-bond donors (Lipinski definition) is 1. The van der Waals surface area contributed by atoms with E-state index in [9.17, 15) is 0 Å². The molecule has 1 unspecified atom stereocenters. The van der Waals surface area contributed by atoms with Crippen molar-refractivity contribution in [1.82, 2.24) is 4.98 Å². The van der Waals surface area contributed by atoms with Crippen molar-refractivity contribution in [2.75, 3.05) is 24.5 Å². The van der Waals surface area contributed by atoms with Gasteiger partial charge in [0.2, 0.25) is 0 Å². The molecule has 1 saturated heterocycles. The normalized spacial score (nSPS) is 23.8. The molecule has 4 nitrogen and oxygen atoms in total. The van der Waals surface area contributed by atoms with E-state index in [0.717, 1.165) is 31.1 Å². The highest BCUT2D eigenvalue weighted by atomic mass is 16.5. The predicted molar refractivity (Wildman–Crippen MR) is 62.1 cm³/mol. The maximum Gasteiger partial charge on any atom is 0.128 e. The predicted octanol–water partition coefficient (Wildman–Crippen LogP) is 0.897. The Hall–Kier alpha value is -1.13. The maximum absolute atomic E-state index is 5.70. The third-order valence-corrected chi connectivity index (χ3v) is 3.49. The lowest BCUT2D eigenvalue weighted by molar-refractivity contribution is 0.133. The number of anilines is 1. The van der Waals surface area contributed by atoms with Gasteiger partial charge in [0.25, 0.3) is 0 Å². The smallest absolute Gasteiger partial charge is 0.128 e. The quantitative estimate of drug-likeness (QED) is 0.803. The van der Waals surface area contributed by atoms with Crippen LogP contribution in [0.5, 0.6) is 0 Å². The second-order valence-electron chi connectivity index (χ2n) is 4.60. The summed E-state index contributed by atoms with van der Waals surface area (Å²) in [5, 5.41) is 0. The van der Waals surface area contributed by atoms with Crippen molar-refractivity contribution in [3.05, 3.63) is 23.4 Å². The average molecular weight is 219 g/mol. The van der Waals surface area contributed by atoms with Crippen LogP contribution in [0, 0.1) is 5.92 Å². The summed E-state index contributed by atoms with van der Waals surface area (Å²) >= 11 is 0. The zero-order valence-corrected chi connectivity index (χ0v) is 9.35. The zero-order chi connectivity index (χ0) is 11.0. The van der Waals surface area contributed by atoms with E-state index in [1.54, 1.807) is 0 Å². The van der Waals surface area contributed by atoms with Gasteiger partial charge in [-0.15, -0.1) is 0 Å². The van der Waals surface area contributed by atoms with Gasteiger partial charge in [0.05, 0.1) is 18.9 Å². The Bertz CT molecular complexity index is 394. The van der Waals surface area contributed by atoms with Crippen molar-refractivity contribution < 1.29 is 4.74 Å². The lowest BCUT2D eigenvalue weighted by Gasteiger charge is -2.17. The highest BCUT2D eigenvalue weighted by Crippen LogP contribution is 2.25. The standard InChI is InChI=1S/C12H17N3O/c13-5-9-3-4-15(6-9)12-2-1-10-7-16-8-11(10)14-12/h1-2,9H,3-8,13H2. The molecule has 86 valence electrons. The van der Waals surface area contributed by atoms with Gasteiger partial charge in [0.1, 0.15) is 5.82 Å². The summed E-state index contributed by atoms with van der Waals surface area (Å²) in [5.41, 5.74) is 8.04. The Labute approximate surface area is 95.4 Å². The van der Waals surface area contributed by atoms with Crippen molar-refractivity contribution in [1.29, 1.82) is 0 Å². The van der Waals surface area contributed by atoms with E-state index in [-0.39, 0.29) is 0 Å². The van der Waals surface area contributed by atoms with Crippen LogP contribution in [0.15, 0.2) is 12.1 Å². The molecule has 0 bridgehead atoms. The Kier molecular flexibility index (Phi) is 2.53. The van der Waals surface area contributed by atoms with E-state index in [2.05, 4.69) is 22.0 Å². The third-order valence-electron chi connectivity index (χ3n) is 3.49. The molecule has 1 aromatic rings. The SMILES string of the molecule is NCC1CCN(c2ccc3c(n2)COC3)C1. The van der Waals surface area contributed by atoms with Gasteiger partial charge in [-0.25, -0.2) is 4.98 Å². The summed E-state index contributed by atoms with van der Waals surface area (Å²) in [4.78, 5) is 6.99. The molecule has 0 radical (unpaired) electrons. The van der Waals surface area contributed by atoms with E-state index >= 15 is 0 Å². The van der Waals surface area contributed by atoms with Crippen LogP contribution in [0.25, 0.3) is 0 Å². The van der Waals surface area contributed by atoms with Crippen LogP contribution in [0.3, 0.4) is 0 Å². The molecule has 3 rings (SSSR count). The topological polar surface area (TPSA) is 51.4 Å². The minimum absolute atomic E-state index is 0.631. The van der Waals surface area contributed by atoms with Gasteiger partial charge in [-0.2, -0.15) is 0 Å². The van der Waals surface area contributed by atoms with Gasteiger partial charge in [-0.3, -0.25) is 0 Å². The second-order valence-corrected chi connectivity index (χ2v) is 4.60. The number of nitrogens with zero attached hydrogens (tertiary/aromatic N) is 2. The van der Waals surface area contributed by atoms with E-state index < -0.39 is 0 Å². The van der Waals surface area contributed by atoms with Gasteiger partial charge in [0.15, 0.2) is 0 Å². The largest absolute Gasteiger partial charge is 0.370 e. The lowest BCUT2D eigenvalue weighted by atomic mass is 10.1. The molecular weight excluding hydrogens is 202 g/mol. The highest BCUT2D eigenvalue weighted by Gasteiger charge is 2.23. The van der Waals surface area contributed by atoms with E-state index in [1.807, 2.05) is 0 Å². The minimum Gasteiger partial charge on any atom is -0.370 e. The molecule has 1 aromatic heterocycles. The number of ether oxygens (including phenoxy) is 1. The van der Waals surface area contributed by atoms with E-state index in [4.69, 9.17) is 10.5 Å². The molecule has 0 spiro atoms. The lowest BCUT2D eigenvalue weighted by Crippen LogP contribution is -2.23. The van der Waals surface area contributed by atoms with Crippen molar-refractivity contribution in [2.45, 2.75) is 19.6 Å². The fraction of sp³-hybridized carbons (Fsp3) is 0.583. The van der Waals surface area contributed by atoms with Gasteiger partial charge in [-0.05, 0) is 24.9 Å². The van der Waals surface area contributed by atoms with Crippen LogP contribution in [0.4, 0.5) is 5.82 Å². The number of rotatable bonds is 2. The van der Waals surface area contributed by atoms with Crippen molar-refractivity contribution >= 4 is 5.82 Å².